The molecule has 0 unspecified atom stereocenters. The molecule has 0 amide bonds. The molecule has 1 N–H and O–H groups in total. The van der Waals surface area contributed by atoms with Crippen LogP contribution >= 0.6 is 0 Å². The van der Waals surface area contributed by atoms with Crippen molar-refractivity contribution in [2.75, 3.05) is 0 Å². The molecule has 2 aliphatic rings. The highest BCUT2D eigenvalue weighted by Gasteiger charge is 2.63. The van der Waals surface area contributed by atoms with Crippen molar-refractivity contribution in [1.82, 2.24) is 0 Å². The normalized spacial score (nSPS) is 43.3. The number of carbonyl (C=O) groups is 1. The Kier molecular flexibility index (Phi) is 1.37. The van der Waals surface area contributed by atoms with Crippen molar-refractivity contribution in [2.45, 2.75) is 39.5 Å². The highest BCUT2D eigenvalue weighted by Crippen LogP contribution is 2.65. The standard InChI is InChI=1S/C10H16O2/c1-9(2)7-3-5-10(9,6-4-7)8(11)12/h7H,3-6H2,1-2H3,(H,11,12). The van der Waals surface area contributed by atoms with Crippen LogP contribution in [-0.2, 0) is 4.79 Å². The third-order valence-electron chi connectivity index (χ3n) is 4.50. The second-order valence-corrected chi connectivity index (χ2v) is 4.88. The first-order valence-electron chi connectivity index (χ1n) is 4.74. The second-order valence-electron chi connectivity index (χ2n) is 4.88. The van der Waals surface area contributed by atoms with Crippen LogP contribution in [0.3, 0.4) is 0 Å². The van der Waals surface area contributed by atoms with E-state index in [0.29, 0.717) is 5.92 Å². The third kappa shape index (κ3) is 0.644. The van der Waals surface area contributed by atoms with E-state index in [4.69, 9.17) is 0 Å². The zero-order chi connectivity index (χ0) is 8.98. The molecule has 0 heterocycles. The second kappa shape index (κ2) is 2.04. The van der Waals surface area contributed by atoms with Crippen molar-refractivity contribution in [3.8, 4) is 0 Å². The molecule has 0 radical (unpaired) electrons. The summed E-state index contributed by atoms with van der Waals surface area (Å²) in [6.07, 6.45) is 4.05. The van der Waals surface area contributed by atoms with E-state index in [-0.39, 0.29) is 10.8 Å². The Morgan fingerprint density at radius 1 is 1.33 bits per heavy atom. The summed E-state index contributed by atoms with van der Waals surface area (Å²) >= 11 is 0. The third-order valence-corrected chi connectivity index (χ3v) is 4.50. The Bertz CT molecular complexity index is 222. The van der Waals surface area contributed by atoms with Crippen LogP contribution in [0.25, 0.3) is 0 Å². The molecular weight excluding hydrogens is 152 g/mol. The van der Waals surface area contributed by atoms with Crippen LogP contribution in [-0.4, -0.2) is 11.1 Å². The molecule has 0 aromatic rings. The summed E-state index contributed by atoms with van der Waals surface area (Å²) in [5.74, 6) is 0.0982. The van der Waals surface area contributed by atoms with E-state index in [1.807, 2.05) is 0 Å². The molecule has 2 rings (SSSR count). The summed E-state index contributed by atoms with van der Waals surface area (Å²) in [7, 11) is 0. The van der Waals surface area contributed by atoms with Gasteiger partial charge in [0.05, 0.1) is 5.41 Å². The summed E-state index contributed by atoms with van der Waals surface area (Å²) in [6.45, 7) is 4.26. The molecule has 2 fully saturated rings. The van der Waals surface area contributed by atoms with Gasteiger partial charge in [0.15, 0.2) is 0 Å². The van der Waals surface area contributed by atoms with Gasteiger partial charge in [0.2, 0.25) is 0 Å². The highest BCUT2D eigenvalue weighted by atomic mass is 16.4. The van der Waals surface area contributed by atoms with Gasteiger partial charge >= 0.3 is 5.97 Å². The zero-order valence-corrected chi connectivity index (χ0v) is 7.76. The van der Waals surface area contributed by atoms with Crippen molar-refractivity contribution in [3.63, 3.8) is 0 Å². The molecule has 2 heteroatoms. The van der Waals surface area contributed by atoms with E-state index in [2.05, 4.69) is 13.8 Å². The quantitative estimate of drug-likeness (QED) is 0.652. The van der Waals surface area contributed by atoms with Crippen LogP contribution in [0, 0.1) is 16.7 Å². The molecule has 0 aromatic heterocycles. The van der Waals surface area contributed by atoms with Gasteiger partial charge in [0.1, 0.15) is 0 Å². The van der Waals surface area contributed by atoms with E-state index in [9.17, 15) is 9.90 Å². The van der Waals surface area contributed by atoms with Crippen molar-refractivity contribution >= 4 is 5.97 Å². The van der Waals surface area contributed by atoms with Gasteiger partial charge in [0, 0.05) is 0 Å². The zero-order valence-electron chi connectivity index (χ0n) is 7.76. The molecule has 0 spiro atoms. The van der Waals surface area contributed by atoms with Gasteiger partial charge < -0.3 is 5.11 Å². The molecule has 0 atom stereocenters. The maximum atomic E-state index is 11.2. The van der Waals surface area contributed by atoms with Gasteiger partial charge in [-0.05, 0) is 37.0 Å². The minimum absolute atomic E-state index is 0.0405. The van der Waals surface area contributed by atoms with Crippen LogP contribution in [0.2, 0.25) is 0 Å². The van der Waals surface area contributed by atoms with Crippen LogP contribution in [0.5, 0.6) is 0 Å². The largest absolute Gasteiger partial charge is 0.481 e. The first kappa shape index (κ1) is 8.09. The van der Waals surface area contributed by atoms with Crippen molar-refractivity contribution in [2.24, 2.45) is 16.7 Å². The van der Waals surface area contributed by atoms with E-state index >= 15 is 0 Å². The van der Waals surface area contributed by atoms with E-state index < -0.39 is 5.97 Å². The molecule has 2 nitrogen and oxygen atoms in total. The number of aliphatic carboxylic acids is 1. The van der Waals surface area contributed by atoms with Gasteiger partial charge in [-0.15, -0.1) is 0 Å². The van der Waals surface area contributed by atoms with Crippen LogP contribution in [0.4, 0.5) is 0 Å². The van der Waals surface area contributed by atoms with Crippen LogP contribution in [0.15, 0.2) is 0 Å². The number of hydrogen-bond donors (Lipinski definition) is 1. The molecule has 68 valence electrons. The Balaban J connectivity index is 2.43. The summed E-state index contributed by atoms with van der Waals surface area (Å²) in [5.41, 5.74) is -0.337. The fourth-order valence-electron chi connectivity index (χ4n) is 3.36. The smallest absolute Gasteiger partial charge is 0.310 e. The number of carboxylic acid groups (broad SMARTS) is 1. The lowest BCUT2D eigenvalue weighted by molar-refractivity contribution is -0.153. The van der Waals surface area contributed by atoms with Crippen LogP contribution in [0.1, 0.15) is 39.5 Å². The lowest BCUT2D eigenvalue weighted by Crippen LogP contribution is -2.37. The summed E-state index contributed by atoms with van der Waals surface area (Å²) in [6, 6.07) is 0. The van der Waals surface area contributed by atoms with E-state index in [1.165, 1.54) is 0 Å². The van der Waals surface area contributed by atoms with E-state index in [1.54, 1.807) is 0 Å². The Hall–Kier alpha value is -0.530. The topological polar surface area (TPSA) is 37.3 Å². The van der Waals surface area contributed by atoms with Gasteiger partial charge in [-0.3, -0.25) is 4.79 Å². The Morgan fingerprint density at radius 3 is 2.00 bits per heavy atom. The minimum Gasteiger partial charge on any atom is -0.481 e. The molecule has 12 heavy (non-hydrogen) atoms. The Morgan fingerprint density at radius 2 is 1.83 bits per heavy atom. The van der Waals surface area contributed by atoms with Gasteiger partial charge in [-0.2, -0.15) is 0 Å². The first-order chi connectivity index (χ1) is 5.51. The molecule has 0 aliphatic heterocycles. The maximum absolute atomic E-state index is 11.2. The number of fused-ring (bicyclic) bond motifs is 2. The summed E-state index contributed by atoms with van der Waals surface area (Å²) in [4.78, 5) is 11.2. The van der Waals surface area contributed by atoms with Gasteiger partial charge in [0.25, 0.3) is 0 Å². The molecule has 0 aromatic carbocycles. The van der Waals surface area contributed by atoms with Crippen molar-refractivity contribution < 1.29 is 9.90 Å². The van der Waals surface area contributed by atoms with Crippen LogP contribution < -0.4 is 0 Å². The molecule has 2 bridgehead atoms. The lowest BCUT2D eigenvalue weighted by atomic mass is 9.69. The molecular formula is C10H16O2. The van der Waals surface area contributed by atoms with Gasteiger partial charge in [-0.1, -0.05) is 13.8 Å². The minimum atomic E-state index is -0.562. The molecule has 0 saturated heterocycles. The van der Waals surface area contributed by atoms with Gasteiger partial charge in [-0.25, -0.2) is 0 Å². The van der Waals surface area contributed by atoms with Crippen molar-refractivity contribution in [3.05, 3.63) is 0 Å². The number of rotatable bonds is 1. The predicted molar refractivity (Wildman–Crippen MR) is 45.8 cm³/mol. The first-order valence-corrected chi connectivity index (χ1v) is 4.74. The number of carboxylic acids is 1. The Labute approximate surface area is 73.0 Å². The number of hydrogen-bond acceptors (Lipinski definition) is 1. The fourth-order valence-corrected chi connectivity index (χ4v) is 3.36. The summed E-state index contributed by atoms with van der Waals surface area (Å²) in [5, 5.41) is 9.23. The highest BCUT2D eigenvalue weighted by molar-refractivity contribution is 5.77. The lowest BCUT2D eigenvalue weighted by Gasteiger charge is -2.33. The predicted octanol–water partition coefficient (Wildman–Crippen LogP) is 2.29. The van der Waals surface area contributed by atoms with E-state index in [0.717, 1.165) is 25.7 Å². The summed E-state index contributed by atoms with van der Waals surface area (Å²) < 4.78 is 0. The molecule has 2 aliphatic carbocycles. The SMILES string of the molecule is CC1(C)C2CCC1(C(=O)O)CC2. The van der Waals surface area contributed by atoms with Crippen molar-refractivity contribution in [1.29, 1.82) is 0 Å². The molecule has 2 saturated carbocycles. The maximum Gasteiger partial charge on any atom is 0.310 e. The fraction of sp³-hybridized carbons (Fsp3) is 0.900. The average molecular weight is 168 g/mol. The average Bonchev–Trinajstić information content (AvgIpc) is 2.40. The monoisotopic (exact) mass is 168 g/mol.